The number of nitrogen functional groups attached to an aromatic ring is 1. The lowest BCUT2D eigenvalue weighted by Gasteiger charge is -2.32. The van der Waals surface area contributed by atoms with Crippen molar-refractivity contribution in [2.75, 3.05) is 31.2 Å². The van der Waals surface area contributed by atoms with Gasteiger partial charge in [0.05, 0.1) is 11.4 Å². The van der Waals surface area contributed by atoms with Gasteiger partial charge in [-0.3, -0.25) is 0 Å². The SMILES string of the molecule is Cc1nc(Cl)nc(NCC2CCCCN2C)c1N. The predicted octanol–water partition coefficient (Wildman–Crippen LogP) is 1.92. The van der Waals surface area contributed by atoms with Gasteiger partial charge >= 0.3 is 0 Å². The summed E-state index contributed by atoms with van der Waals surface area (Å²) in [5.74, 6) is 0.645. The van der Waals surface area contributed by atoms with Crippen LogP contribution in [0.5, 0.6) is 0 Å². The van der Waals surface area contributed by atoms with Gasteiger partial charge in [0.15, 0.2) is 5.82 Å². The summed E-state index contributed by atoms with van der Waals surface area (Å²) >= 11 is 5.84. The van der Waals surface area contributed by atoms with Gasteiger partial charge in [-0.1, -0.05) is 6.42 Å². The van der Waals surface area contributed by atoms with Crippen LogP contribution in [-0.4, -0.2) is 41.0 Å². The van der Waals surface area contributed by atoms with E-state index in [4.69, 9.17) is 17.3 Å². The zero-order chi connectivity index (χ0) is 13.1. The topological polar surface area (TPSA) is 67.1 Å². The molecule has 6 heteroatoms. The fourth-order valence-electron chi connectivity index (χ4n) is 2.30. The summed E-state index contributed by atoms with van der Waals surface area (Å²) in [6.45, 7) is 3.83. The van der Waals surface area contributed by atoms with Gasteiger partial charge in [0, 0.05) is 12.6 Å². The van der Waals surface area contributed by atoms with E-state index >= 15 is 0 Å². The van der Waals surface area contributed by atoms with E-state index in [2.05, 4.69) is 27.2 Å². The lowest BCUT2D eigenvalue weighted by Crippen LogP contribution is -2.41. The van der Waals surface area contributed by atoms with Crippen LogP contribution in [0.15, 0.2) is 0 Å². The normalized spacial score (nSPS) is 20.9. The number of piperidine rings is 1. The van der Waals surface area contributed by atoms with Crippen molar-refractivity contribution in [2.45, 2.75) is 32.2 Å². The zero-order valence-electron chi connectivity index (χ0n) is 10.9. The third-order valence-electron chi connectivity index (χ3n) is 3.54. The first-order valence-corrected chi connectivity index (χ1v) is 6.69. The highest BCUT2D eigenvalue weighted by molar-refractivity contribution is 6.28. The van der Waals surface area contributed by atoms with Crippen molar-refractivity contribution in [1.29, 1.82) is 0 Å². The molecule has 2 rings (SSSR count). The summed E-state index contributed by atoms with van der Waals surface area (Å²) in [5.41, 5.74) is 7.24. The third-order valence-corrected chi connectivity index (χ3v) is 3.70. The van der Waals surface area contributed by atoms with Crippen LogP contribution in [0.25, 0.3) is 0 Å². The molecule has 1 saturated heterocycles. The average molecular weight is 270 g/mol. The van der Waals surface area contributed by atoms with Crippen molar-refractivity contribution in [3.05, 3.63) is 11.0 Å². The van der Waals surface area contributed by atoms with E-state index in [1.54, 1.807) is 0 Å². The lowest BCUT2D eigenvalue weighted by molar-refractivity contribution is 0.194. The number of likely N-dealkylation sites (N-methyl/N-ethyl adjacent to an activating group) is 1. The Labute approximate surface area is 113 Å². The maximum Gasteiger partial charge on any atom is 0.224 e. The van der Waals surface area contributed by atoms with E-state index < -0.39 is 0 Å². The van der Waals surface area contributed by atoms with Crippen molar-refractivity contribution in [3.63, 3.8) is 0 Å². The zero-order valence-corrected chi connectivity index (χ0v) is 11.7. The Kier molecular flexibility index (Phi) is 4.24. The van der Waals surface area contributed by atoms with Gasteiger partial charge in [0.1, 0.15) is 0 Å². The van der Waals surface area contributed by atoms with E-state index in [1.165, 1.54) is 19.3 Å². The van der Waals surface area contributed by atoms with E-state index in [-0.39, 0.29) is 5.28 Å². The average Bonchev–Trinajstić information content (AvgIpc) is 2.33. The molecular weight excluding hydrogens is 250 g/mol. The Bertz CT molecular complexity index is 423. The monoisotopic (exact) mass is 269 g/mol. The molecule has 0 saturated carbocycles. The summed E-state index contributed by atoms with van der Waals surface area (Å²) < 4.78 is 0. The summed E-state index contributed by atoms with van der Waals surface area (Å²) in [7, 11) is 2.16. The predicted molar refractivity (Wildman–Crippen MR) is 75.0 cm³/mol. The summed E-state index contributed by atoms with van der Waals surface area (Å²) in [6, 6.07) is 0.534. The smallest absolute Gasteiger partial charge is 0.224 e. The first kappa shape index (κ1) is 13.4. The van der Waals surface area contributed by atoms with Crippen LogP contribution in [0.1, 0.15) is 25.0 Å². The van der Waals surface area contributed by atoms with Crippen molar-refractivity contribution in [1.82, 2.24) is 14.9 Å². The van der Waals surface area contributed by atoms with Crippen molar-refractivity contribution in [2.24, 2.45) is 0 Å². The van der Waals surface area contributed by atoms with Gasteiger partial charge in [-0.15, -0.1) is 0 Å². The first-order chi connectivity index (χ1) is 8.58. The quantitative estimate of drug-likeness (QED) is 0.821. The van der Waals surface area contributed by atoms with Crippen LogP contribution in [0.4, 0.5) is 11.5 Å². The number of rotatable bonds is 3. The highest BCUT2D eigenvalue weighted by atomic mass is 35.5. The number of hydrogen-bond donors (Lipinski definition) is 2. The van der Waals surface area contributed by atoms with E-state index in [0.717, 1.165) is 18.8 Å². The second kappa shape index (κ2) is 5.71. The molecule has 100 valence electrons. The largest absolute Gasteiger partial charge is 0.394 e. The number of nitrogens with two attached hydrogens (primary N) is 1. The molecular formula is C12H20ClN5. The molecule has 0 spiro atoms. The number of likely N-dealkylation sites (tertiary alicyclic amines) is 1. The van der Waals surface area contributed by atoms with Crippen molar-refractivity contribution in [3.8, 4) is 0 Å². The minimum atomic E-state index is 0.237. The maximum absolute atomic E-state index is 5.94. The van der Waals surface area contributed by atoms with Crippen molar-refractivity contribution < 1.29 is 0 Å². The minimum absolute atomic E-state index is 0.237. The maximum atomic E-state index is 5.94. The molecule has 1 aliphatic heterocycles. The van der Waals surface area contributed by atoms with E-state index in [0.29, 0.717) is 17.5 Å². The molecule has 1 unspecified atom stereocenters. The molecule has 0 bridgehead atoms. The molecule has 1 aliphatic rings. The van der Waals surface area contributed by atoms with Crippen LogP contribution in [0.3, 0.4) is 0 Å². The molecule has 2 heterocycles. The summed E-state index contributed by atoms with van der Waals surface area (Å²) in [5, 5.41) is 3.53. The molecule has 1 aromatic rings. The Morgan fingerprint density at radius 1 is 1.44 bits per heavy atom. The molecule has 3 N–H and O–H groups in total. The molecule has 0 aromatic carbocycles. The van der Waals surface area contributed by atoms with Gasteiger partial charge in [0.25, 0.3) is 0 Å². The number of hydrogen-bond acceptors (Lipinski definition) is 5. The second-order valence-corrected chi connectivity index (χ2v) is 5.19. The minimum Gasteiger partial charge on any atom is -0.394 e. The van der Waals surface area contributed by atoms with Gasteiger partial charge in [-0.2, -0.15) is 4.98 Å². The molecule has 5 nitrogen and oxygen atoms in total. The van der Waals surface area contributed by atoms with Crippen LogP contribution < -0.4 is 11.1 Å². The number of anilines is 2. The molecule has 1 aromatic heterocycles. The molecule has 18 heavy (non-hydrogen) atoms. The summed E-state index contributed by atoms with van der Waals surface area (Å²) in [4.78, 5) is 10.5. The molecule has 0 aliphatic carbocycles. The van der Waals surface area contributed by atoms with Gasteiger partial charge in [-0.25, -0.2) is 4.98 Å². The lowest BCUT2D eigenvalue weighted by atomic mass is 10.0. The second-order valence-electron chi connectivity index (χ2n) is 4.85. The Balaban J connectivity index is 2.01. The number of aryl methyl sites for hydroxylation is 1. The molecule has 0 amide bonds. The van der Waals surface area contributed by atoms with Crippen LogP contribution in [0, 0.1) is 6.92 Å². The fourth-order valence-corrected chi connectivity index (χ4v) is 2.51. The van der Waals surface area contributed by atoms with E-state index in [1.807, 2.05) is 6.92 Å². The standard InChI is InChI=1S/C12H20ClN5/c1-8-10(14)11(17-12(13)16-8)15-7-9-5-3-4-6-18(9)2/h9H,3-7,14H2,1-2H3,(H,15,16,17). The third kappa shape index (κ3) is 3.03. The fraction of sp³-hybridized carbons (Fsp3) is 0.667. The first-order valence-electron chi connectivity index (χ1n) is 6.31. The molecule has 0 radical (unpaired) electrons. The van der Waals surface area contributed by atoms with Gasteiger partial charge in [-0.05, 0) is 45.0 Å². The number of nitrogens with one attached hydrogen (secondary N) is 1. The molecule has 1 fully saturated rings. The Morgan fingerprint density at radius 2 is 2.22 bits per heavy atom. The summed E-state index contributed by atoms with van der Waals surface area (Å²) in [6.07, 6.45) is 3.78. The van der Waals surface area contributed by atoms with Crippen molar-refractivity contribution >= 4 is 23.1 Å². The highest BCUT2D eigenvalue weighted by Gasteiger charge is 2.19. The van der Waals surface area contributed by atoms with Crippen LogP contribution >= 0.6 is 11.6 Å². The van der Waals surface area contributed by atoms with Crippen LogP contribution in [0.2, 0.25) is 5.28 Å². The number of aromatic nitrogens is 2. The van der Waals surface area contributed by atoms with Gasteiger partial charge < -0.3 is 16.0 Å². The molecule has 1 atom stereocenters. The van der Waals surface area contributed by atoms with E-state index in [9.17, 15) is 0 Å². The highest BCUT2D eigenvalue weighted by Crippen LogP contribution is 2.22. The van der Waals surface area contributed by atoms with Crippen LogP contribution in [-0.2, 0) is 0 Å². The Hall–Kier alpha value is -1.07. The number of nitrogens with zero attached hydrogens (tertiary/aromatic N) is 3. The Morgan fingerprint density at radius 3 is 2.94 bits per heavy atom. The number of halogens is 1. The van der Waals surface area contributed by atoms with Gasteiger partial charge in [0.2, 0.25) is 5.28 Å².